The molecule has 2 rings (SSSR count). The summed E-state index contributed by atoms with van der Waals surface area (Å²) in [6.45, 7) is 2.66. The van der Waals surface area contributed by atoms with E-state index in [4.69, 9.17) is 11.6 Å². The zero-order valence-electron chi connectivity index (χ0n) is 11.2. The van der Waals surface area contributed by atoms with Gasteiger partial charge in [0.15, 0.2) is 0 Å². The summed E-state index contributed by atoms with van der Waals surface area (Å²) in [4.78, 5) is 12.0. The Morgan fingerprint density at radius 3 is 2.84 bits per heavy atom. The van der Waals surface area contributed by atoms with Gasteiger partial charge < -0.3 is 10.4 Å². The quantitative estimate of drug-likeness (QED) is 0.841. The first-order valence-corrected chi connectivity index (χ1v) is 7.05. The Morgan fingerprint density at radius 2 is 2.26 bits per heavy atom. The molecule has 2 N–H and O–H groups in total. The largest absolute Gasteiger partial charge is 0.396 e. The van der Waals surface area contributed by atoms with E-state index in [0.717, 1.165) is 18.4 Å². The second-order valence-electron chi connectivity index (χ2n) is 5.61. The average molecular weight is 282 g/mol. The van der Waals surface area contributed by atoms with Crippen molar-refractivity contribution < 1.29 is 9.90 Å². The Labute approximate surface area is 119 Å². The zero-order valence-corrected chi connectivity index (χ0v) is 11.9. The van der Waals surface area contributed by atoms with E-state index < -0.39 is 0 Å². The number of halogens is 1. The van der Waals surface area contributed by atoms with Crippen LogP contribution < -0.4 is 5.32 Å². The molecule has 0 spiro atoms. The van der Waals surface area contributed by atoms with E-state index in [9.17, 15) is 9.90 Å². The molecular formula is C15H20ClNO2. The highest BCUT2D eigenvalue weighted by molar-refractivity contribution is 6.30. The third kappa shape index (κ3) is 3.95. The summed E-state index contributed by atoms with van der Waals surface area (Å²) in [7, 11) is 0. The molecule has 3 nitrogen and oxygen atoms in total. The molecular weight excluding hydrogens is 262 g/mol. The first-order valence-electron chi connectivity index (χ1n) is 6.68. The Morgan fingerprint density at radius 1 is 1.53 bits per heavy atom. The molecule has 1 saturated carbocycles. The molecule has 4 heteroatoms. The normalized spacial score (nSPS) is 17.8. The van der Waals surface area contributed by atoms with Crippen LogP contribution in [-0.2, 0) is 11.2 Å². The van der Waals surface area contributed by atoms with Gasteiger partial charge in [0.05, 0.1) is 6.61 Å². The van der Waals surface area contributed by atoms with Crippen molar-refractivity contribution in [1.82, 2.24) is 5.32 Å². The lowest BCUT2D eigenvalue weighted by Gasteiger charge is -2.16. The minimum atomic E-state index is -0.0899. The molecule has 1 amide bonds. The van der Waals surface area contributed by atoms with Crippen LogP contribution >= 0.6 is 11.6 Å². The molecule has 1 aliphatic rings. The summed E-state index contributed by atoms with van der Waals surface area (Å²) >= 11 is 5.93. The predicted molar refractivity (Wildman–Crippen MR) is 76.1 cm³/mol. The van der Waals surface area contributed by atoms with Gasteiger partial charge in [0, 0.05) is 22.9 Å². The molecule has 0 bridgehead atoms. The summed E-state index contributed by atoms with van der Waals surface area (Å²) in [5, 5.41) is 12.8. The molecule has 1 atom stereocenters. The van der Waals surface area contributed by atoms with Crippen LogP contribution in [0.1, 0.15) is 25.3 Å². The highest BCUT2D eigenvalue weighted by Gasteiger charge is 2.42. The Balaban J connectivity index is 1.82. The molecule has 0 saturated heterocycles. The number of aliphatic hydroxyl groups is 1. The van der Waals surface area contributed by atoms with Crippen LogP contribution in [0.3, 0.4) is 0 Å². The molecule has 1 fully saturated rings. The number of benzene rings is 1. The van der Waals surface area contributed by atoms with Crippen LogP contribution in [0.4, 0.5) is 0 Å². The maximum atomic E-state index is 12.0. The summed E-state index contributed by atoms with van der Waals surface area (Å²) in [5.74, 6) is -0.0485. The van der Waals surface area contributed by atoms with Crippen molar-refractivity contribution >= 4 is 17.5 Å². The van der Waals surface area contributed by atoms with Crippen molar-refractivity contribution in [1.29, 1.82) is 0 Å². The van der Waals surface area contributed by atoms with E-state index in [-0.39, 0.29) is 23.8 Å². The number of amides is 1. The fraction of sp³-hybridized carbons (Fsp3) is 0.533. The van der Waals surface area contributed by atoms with Gasteiger partial charge in [-0.15, -0.1) is 0 Å². The highest BCUT2D eigenvalue weighted by atomic mass is 35.5. The molecule has 1 unspecified atom stereocenters. The van der Waals surface area contributed by atoms with Crippen LogP contribution in [0, 0.1) is 11.3 Å². The third-order valence-corrected chi connectivity index (χ3v) is 4.04. The minimum Gasteiger partial charge on any atom is -0.396 e. The van der Waals surface area contributed by atoms with Crippen molar-refractivity contribution in [2.24, 2.45) is 11.3 Å². The van der Waals surface area contributed by atoms with Crippen LogP contribution in [0.2, 0.25) is 5.02 Å². The smallest absolute Gasteiger partial charge is 0.223 e. The first-order chi connectivity index (χ1) is 9.04. The highest BCUT2D eigenvalue weighted by Crippen LogP contribution is 2.44. The second-order valence-corrected chi connectivity index (χ2v) is 6.05. The molecule has 0 aromatic heterocycles. The van der Waals surface area contributed by atoms with Gasteiger partial charge in [-0.25, -0.2) is 0 Å². The number of carbonyl (C=O) groups is 1. The van der Waals surface area contributed by atoms with Crippen LogP contribution in [0.25, 0.3) is 0 Å². The summed E-state index contributed by atoms with van der Waals surface area (Å²) < 4.78 is 0. The molecule has 1 aliphatic carbocycles. The van der Waals surface area contributed by atoms with Crippen LogP contribution in [0.15, 0.2) is 24.3 Å². The molecule has 104 valence electrons. The fourth-order valence-electron chi connectivity index (χ4n) is 2.13. The van der Waals surface area contributed by atoms with Gasteiger partial charge in [-0.05, 0) is 37.0 Å². The average Bonchev–Trinajstić information content (AvgIpc) is 3.16. The predicted octanol–water partition coefficient (Wildman–Crippen LogP) is 2.41. The fourth-order valence-corrected chi connectivity index (χ4v) is 2.34. The SMILES string of the molecule is CC(Cc1cccc(Cl)c1)C(=O)NCC1(CO)CC1. The first kappa shape index (κ1) is 14.4. The summed E-state index contributed by atoms with van der Waals surface area (Å²) in [5.41, 5.74) is 1.03. The number of aliphatic hydroxyl groups excluding tert-OH is 1. The van der Waals surface area contributed by atoms with E-state index in [1.54, 1.807) is 0 Å². The van der Waals surface area contributed by atoms with Gasteiger partial charge in [0.1, 0.15) is 0 Å². The molecule has 1 aromatic carbocycles. The zero-order chi connectivity index (χ0) is 13.9. The number of hydrogen-bond donors (Lipinski definition) is 2. The lowest BCUT2D eigenvalue weighted by molar-refractivity contribution is -0.124. The Kier molecular flexibility index (Phi) is 4.48. The van der Waals surface area contributed by atoms with Gasteiger partial charge in [-0.3, -0.25) is 4.79 Å². The van der Waals surface area contributed by atoms with Crippen molar-refractivity contribution in [2.45, 2.75) is 26.2 Å². The van der Waals surface area contributed by atoms with Gasteiger partial charge in [0.2, 0.25) is 5.91 Å². The lowest BCUT2D eigenvalue weighted by atomic mass is 10.00. The van der Waals surface area contributed by atoms with E-state index >= 15 is 0 Å². The Hall–Kier alpha value is -1.06. The van der Waals surface area contributed by atoms with Gasteiger partial charge in [-0.2, -0.15) is 0 Å². The van der Waals surface area contributed by atoms with Crippen molar-refractivity contribution in [2.75, 3.05) is 13.2 Å². The Bertz CT molecular complexity index is 457. The second kappa shape index (κ2) is 5.93. The molecule has 0 radical (unpaired) electrons. The maximum absolute atomic E-state index is 12.0. The standard InChI is InChI=1S/C15H20ClNO2/c1-11(7-12-3-2-4-13(16)8-12)14(19)17-9-15(10-18)5-6-15/h2-4,8,11,18H,5-7,9-10H2,1H3,(H,17,19). The third-order valence-electron chi connectivity index (χ3n) is 3.81. The molecule has 19 heavy (non-hydrogen) atoms. The number of carbonyl (C=O) groups excluding carboxylic acids is 1. The summed E-state index contributed by atoms with van der Waals surface area (Å²) in [6, 6.07) is 7.59. The minimum absolute atomic E-state index is 0.0363. The van der Waals surface area contributed by atoms with E-state index in [2.05, 4.69) is 5.32 Å². The summed E-state index contributed by atoms with van der Waals surface area (Å²) in [6.07, 6.45) is 2.69. The monoisotopic (exact) mass is 281 g/mol. The maximum Gasteiger partial charge on any atom is 0.223 e. The van der Waals surface area contributed by atoms with Crippen LogP contribution in [0.5, 0.6) is 0 Å². The van der Waals surface area contributed by atoms with Crippen LogP contribution in [-0.4, -0.2) is 24.2 Å². The number of rotatable bonds is 6. The van der Waals surface area contributed by atoms with Gasteiger partial charge >= 0.3 is 0 Å². The number of hydrogen-bond acceptors (Lipinski definition) is 2. The lowest BCUT2D eigenvalue weighted by Crippen LogP contribution is -2.36. The van der Waals surface area contributed by atoms with Gasteiger partial charge in [-0.1, -0.05) is 30.7 Å². The van der Waals surface area contributed by atoms with Crippen molar-refractivity contribution in [3.63, 3.8) is 0 Å². The van der Waals surface area contributed by atoms with E-state index in [1.807, 2.05) is 31.2 Å². The van der Waals surface area contributed by atoms with Gasteiger partial charge in [0.25, 0.3) is 0 Å². The van der Waals surface area contributed by atoms with Crippen molar-refractivity contribution in [3.8, 4) is 0 Å². The molecule has 0 aliphatic heterocycles. The molecule has 1 aromatic rings. The van der Waals surface area contributed by atoms with E-state index in [1.165, 1.54) is 0 Å². The topological polar surface area (TPSA) is 49.3 Å². The van der Waals surface area contributed by atoms with Crippen molar-refractivity contribution in [3.05, 3.63) is 34.9 Å². The number of nitrogens with one attached hydrogen (secondary N) is 1. The molecule has 0 heterocycles. The van der Waals surface area contributed by atoms with E-state index in [0.29, 0.717) is 18.0 Å².